The predicted octanol–water partition coefficient (Wildman–Crippen LogP) is 2.25. The molecule has 5 nitrogen and oxygen atoms in total. The monoisotopic (exact) mass is 300 g/mol. The zero-order chi connectivity index (χ0) is 15.7. The van der Waals surface area contributed by atoms with E-state index in [1.54, 1.807) is 29.9 Å². The number of imidazole rings is 1. The van der Waals surface area contributed by atoms with E-state index in [0.717, 1.165) is 16.7 Å². The first-order chi connectivity index (χ1) is 10.6. The number of aryl methyl sites for hydroxylation is 2. The van der Waals surface area contributed by atoms with E-state index in [9.17, 15) is 9.18 Å². The molecule has 1 N–H and O–H groups in total. The lowest BCUT2D eigenvalue weighted by molar-refractivity contribution is 0.0944. The van der Waals surface area contributed by atoms with Crippen molar-refractivity contribution in [2.75, 3.05) is 6.54 Å². The van der Waals surface area contributed by atoms with Crippen LogP contribution < -0.4 is 5.32 Å². The van der Waals surface area contributed by atoms with Gasteiger partial charge in [-0.2, -0.15) is 0 Å². The van der Waals surface area contributed by atoms with Gasteiger partial charge in [-0.05, 0) is 31.2 Å². The maximum Gasteiger partial charge on any atom is 0.267 e. The van der Waals surface area contributed by atoms with E-state index >= 15 is 0 Å². The molecule has 0 unspecified atom stereocenters. The molecule has 114 valence electrons. The Hall–Kier alpha value is -2.63. The van der Waals surface area contributed by atoms with Gasteiger partial charge in [0.15, 0.2) is 0 Å². The van der Waals surface area contributed by atoms with E-state index in [0.29, 0.717) is 18.8 Å². The molecule has 22 heavy (non-hydrogen) atoms. The molecular formula is C16H17FN4O. The number of halogens is 1. The number of amides is 1. The van der Waals surface area contributed by atoms with Crippen molar-refractivity contribution in [1.82, 2.24) is 19.4 Å². The second-order valence-corrected chi connectivity index (χ2v) is 5.22. The average Bonchev–Trinajstić information content (AvgIpc) is 3.03. The summed E-state index contributed by atoms with van der Waals surface area (Å²) in [7, 11) is 1.80. The van der Waals surface area contributed by atoms with Gasteiger partial charge in [0.05, 0.1) is 0 Å². The lowest BCUT2D eigenvalue weighted by Crippen LogP contribution is -2.28. The van der Waals surface area contributed by atoms with Crippen molar-refractivity contribution in [2.45, 2.75) is 13.5 Å². The quantitative estimate of drug-likeness (QED) is 0.803. The highest BCUT2D eigenvalue weighted by Crippen LogP contribution is 2.19. The van der Waals surface area contributed by atoms with Gasteiger partial charge in [-0.1, -0.05) is 0 Å². The van der Waals surface area contributed by atoms with Crippen LogP contribution in [0.5, 0.6) is 0 Å². The van der Waals surface area contributed by atoms with E-state index in [1.165, 1.54) is 12.1 Å². The maximum absolute atomic E-state index is 13.3. The van der Waals surface area contributed by atoms with Crippen molar-refractivity contribution in [2.24, 2.45) is 7.05 Å². The van der Waals surface area contributed by atoms with E-state index in [1.807, 2.05) is 17.7 Å². The number of carbonyl (C=O) groups is 1. The van der Waals surface area contributed by atoms with Gasteiger partial charge in [-0.15, -0.1) is 0 Å². The van der Waals surface area contributed by atoms with Crippen LogP contribution in [0, 0.1) is 12.7 Å². The molecule has 6 heteroatoms. The summed E-state index contributed by atoms with van der Waals surface area (Å²) in [4.78, 5) is 16.4. The largest absolute Gasteiger partial charge is 0.349 e. The van der Waals surface area contributed by atoms with Crippen molar-refractivity contribution in [3.63, 3.8) is 0 Å². The number of aromatic nitrogens is 3. The molecule has 0 atom stereocenters. The van der Waals surface area contributed by atoms with Crippen LogP contribution >= 0.6 is 0 Å². The van der Waals surface area contributed by atoms with Crippen molar-refractivity contribution < 1.29 is 9.18 Å². The number of rotatable bonds is 4. The summed E-state index contributed by atoms with van der Waals surface area (Å²) >= 11 is 0. The first-order valence-corrected chi connectivity index (χ1v) is 7.07. The number of hydrogen-bond acceptors (Lipinski definition) is 2. The molecule has 1 aromatic carbocycles. The van der Waals surface area contributed by atoms with Gasteiger partial charge in [0.1, 0.15) is 17.3 Å². The molecule has 3 aromatic rings. The van der Waals surface area contributed by atoms with Gasteiger partial charge in [-0.25, -0.2) is 9.37 Å². The Kier molecular flexibility index (Phi) is 3.66. The average molecular weight is 300 g/mol. The summed E-state index contributed by atoms with van der Waals surface area (Å²) in [5.74, 6) is 0.437. The minimum Gasteiger partial charge on any atom is -0.349 e. The molecule has 3 rings (SSSR count). The number of nitrogens with zero attached hydrogens (tertiary/aromatic N) is 3. The van der Waals surface area contributed by atoms with Crippen LogP contribution in [-0.4, -0.2) is 26.6 Å². The standard InChI is InChI=1S/C16H17FN4O/c1-11-18-5-7-21(11)8-6-19-16(22)15-10-12-9-13(17)3-4-14(12)20(15)2/h3-5,7,9-10H,6,8H2,1-2H3,(H,19,22). The van der Waals surface area contributed by atoms with Gasteiger partial charge in [-0.3, -0.25) is 4.79 Å². The van der Waals surface area contributed by atoms with Crippen LogP contribution in [0.1, 0.15) is 16.3 Å². The van der Waals surface area contributed by atoms with Gasteiger partial charge in [0.25, 0.3) is 5.91 Å². The molecule has 0 aliphatic carbocycles. The zero-order valence-corrected chi connectivity index (χ0v) is 12.5. The van der Waals surface area contributed by atoms with E-state index in [2.05, 4.69) is 10.3 Å². The molecule has 0 aliphatic heterocycles. The van der Waals surface area contributed by atoms with Crippen molar-refractivity contribution >= 4 is 16.8 Å². The second-order valence-electron chi connectivity index (χ2n) is 5.22. The number of fused-ring (bicyclic) bond motifs is 1. The van der Waals surface area contributed by atoms with E-state index < -0.39 is 0 Å². The number of hydrogen-bond donors (Lipinski definition) is 1. The summed E-state index contributed by atoms with van der Waals surface area (Å²) in [5, 5.41) is 3.60. The Morgan fingerprint density at radius 3 is 2.91 bits per heavy atom. The number of benzene rings is 1. The maximum atomic E-state index is 13.3. The van der Waals surface area contributed by atoms with Crippen LogP contribution in [-0.2, 0) is 13.6 Å². The highest BCUT2D eigenvalue weighted by atomic mass is 19.1. The van der Waals surface area contributed by atoms with E-state index in [-0.39, 0.29) is 11.7 Å². The third-order valence-corrected chi connectivity index (χ3v) is 3.80. The van der Waals surface area contributed by atoms with Crippen molar-refractivity contribution in [3.8, 4) is 0 Å². The molecule has 0 saturated carbocycles. The lowest BCUT2D eigenvalue weighted by Gasteiger charge is -2.08. The Balaban J connectivity index is 1.72. The molecule has 0 aliphatic rings. The Morgan fingerprint density at radius 2 is 2.18 bits per heavy atom. The Bertz CT molecular complexity index is 834. The van der Waals surface area contributed by atoms with Gasteiger partial charge in [0, 0.05) is 43.4 Å². The third kappa shape index (κ3) is 2.59. The first-order valence-electron chi connectivity index (χ1n) is 7.07. The molecule has 2 aromatic heterocycles. The normalized spacial score (nSPS) is 11.0. The zero-order valence-electron chi connectivity index (χ0n) is 12.5. The van der Waals surface area contributed by atoms with Crippen molar-refractivity contribution in [3.05, 3.63) is 54.0 Å². The summed E-state index contributed by atoms with van der Waals surface area (Å²) in [6.45, 7) is 3.09. The molecule has 1 amide bonds. The van der Waals surface area contributed by atoms with Gasteiger partial charge in [0.2, 0.25) is 0 Å². The minimum absolute atomic E-state index is 0.170. The fraction of sp³-hybridized carbons (Fsp3) is 0.250. The molecule has 0 bridgehead atoms. The molecule has 0 radical (unpaired) electrons. The number of nitrogens with one attached hydrogen (secondary N) is 1. The Morgan fingerprint density at radius 1 is 1.36 bits per heavy atom. The van der Waals surface area contributed by atoms with Gasteiger partial charge < -0.3 is 14.5 Å². The third-order valence-electron chi connectivity index (χ3n) is 3.80. The summed E-state index contributed by atoms with van der Waals surface area (Å²) in [6, 6.07) is 6.21. The van der Waals surface area contributed by atoms with E-state index in [4.69, 9.17) is 0 Å². The molecule has 0 fully saturated rings. The lowest BCUT2D eigenvalue weighted by atomic mass is 10.2. The SMILES string of the molecule is Cc1nccn1CCNC(=O)c1cc2cc(F)ccc2n1C. The molecular weight excluding hydrogens is 283 g/mol. The first kappa shape index (κ1) is 14.3. The topological polar surface area (TPSA) is 51.9 Å². The number of carbonyl (C=O) groups excluding carboxylic acids is 1. The molecule has 0 spiro atoms. The van der Waals surface area contributed by atoms with Crippen molar-refractivity contribution in [1.29, 1.82) is 0 Å². The van der Waals surface area contributed by atoms with Crippen LogP contribution in [0.4, 0.5) is 4.39 Å². The van der Waals surface area contributed by atoms with Crippen LogP contribution in [0.15, 0.2) is 36.7 Å². The second kappa shape index (κ2) is 5.63. The molecule has 2 heterocycles. The molecule has 0 saturated heterocycles. The predicted molar refractivity (Wildman–Crippen MR) is 82.2 cm³/mol. The highest BCUT2D eigenvalue weighted by Gasteiger charge is 2.13. The van der Waals surface area contributed by atoms with Crippen LogP contribution in [0.2, 0.25) is 0 Å². The minimum atomic E-state index is -0.305. The van der Waals surface area contributed by atoms with Crippen LogP contribution in [0.25, 0.3) is 10.9 Å². The summed E-state index contributed by atoms with van der Waals surface area (Å²) < 4.78 is 17.0. The summed E-state index contributed by atoms with van der Waals surface area (Å²) in [5.41, 5.74) is 1.35. The smallest absolute Gasteiger partial charge is 0.267 e. The fourth-order valence-electron chi connectivity index (χ4n) is 2.56. The van der Waals surface area contributed by atoms with Crippen LogP contribution in [0.3, 0.4) is 0 Å². The Labute approximate surface area is 127 Å². The van der Waals surface area contributed by atoms with Gasteiger partial charge >= 0.3 is 0 Å². The fourth-order valence-corrected chi connectivity index (χ4v) is 2.56. The summed E-state index contributed by atoms with van der Waals surface area (Å²) in [6.07, 6.45) is 3.61. The highest BCUT2D eigenvalue weighted by molar-refractivity contribution is 5.98.